The summed E-state index contributed by atoms with van der Waals surface area (Å²) in [6.07, 6.45) is 8.56. The lowest BCUT2D eigenvalue weighted by molar-refractivity contribution is -0.582. The molecule has 0 aromatic heterocycles. The van der Waals surface area contributed by atoms with E-state index in [0.717, 1.165) is 60.8 Å². The molecule has 8 heteroatoms. The average Bonchev–Trinajstić information content (AvgIpc) is 2.83. The van der Waals surface area contributed by atoms with Crippen molar-refractivity contribution in [3.05, 3.63) is 86.9 Å². The SMILES string of the molecule is CCCc1c(F)c(F)c(C(=O)[O-])c(C2=C3C=CC(=[N+]4CCC4)C=C3[Si](C)(C)c3cc(N4CCC4)ccc32)c1F. The molecule has 4 nitrogen and oxygen atoms in total. The number of carbonyl (C=O) groups is 1. The highest BCUT2D eigenvalue weighted by atomic mass is 28.3. The summed E-state index contributed by atoms with van der Waals surface area (Å²) in [4.78, 5) is 14.6. The Bertz CT molecular complexity index is 1560. The average molecular weight is 549 g/mol. The maximum Gasteiger partial charge on any atom is 0.199 e. The number of carbonyl (C=O) groups excluding carboxylic acids is 1. The normalized spacial score (nSPS) is 19.3. The van der Waals surface area contributed by atoms with Crippen molar-refractivity contribution in [3.63, 3.8) is 0 Å². The minimum atomic E-state index is -2.38. The molecule has 2 aromatic carbocycles. The van der Waals surface area contributed by atoms with Crippen LogP contribution in [0.25, 0.3) is 5.57 Å². The molecule has 2 fully saturated rings. The van der Waals surface area contributed by atoms with E-state index in [-0.39, 0.29) is 6.42 Å². The first-order valence-corrected chi connectivity index (χ1v) is 16.7. The Morgan fingerprint density at radius 2 is 1.79 bits per heavy atom. The van der Waals surface area contributed by atoms with Crippen LogP contribution in [0.3, 0.4) is 0 Å². The van der Waals surface area contributed by atoms with E-state index in [0.29, 0.717) is 23.1 Å². The van der Waals surface area contributed by atoms with Crippen LogP contribution in [0.4, 0.5) is 18.9 Å². The molecule has 0 N–H and O–H groups in total. The third-order valence-electron chi connectivity index (χ3n) is 8.70. The maximum atomic E-state index is 16.3. The van der Waals surface area contributed by atoms with Gasteiger partial charge in [-0.3, -0.25) is 0 Å². The fourth-order valence-corrected chi connectivity index (χ4v) is 9.31. The smallest absolute Gasteiger partial charge is 0.199 e. The van der Waals surface area contributed by atoms with Gasteiger partial charge in [0.15, 0.2) is 17.3 Å². The van der Waals surface area contributed by atoms with Crippen molar-refractivity contribution in [1.29, 1.82) is 0 Å². The molecular weight excluding hydrogens is 517 g/mol. The van der Waals surface area contributed by atoms with Gasteiger partial charge in [-0.2, -0.15) is 0 Å². The van der Waals surface area contributed by atoms with Crippen molar-refractivity contribution in [2.24, 2.45) is 0 Å². The monoisotopic (exact) mass is 548 g/mol. The fraction of sp³-hybridized carbons (Fsp3) is 0.355. The molecule has 3 heterocycles. The summed E-state index contributed by atoms with van der Waals surface area (Å²) >= 11 is 0. The van der Waals surface area contributed by atoms with Crippen molar-refractivity contribution in [2.75, 3.05) is 31.1 Å². The number of benzene rings is 2. The third kappa shape index (κ3) is 3.86. The van der Waals surface area contributed by atoms with Crippen LogP contribution in [0.2, 0.25) is 13.1 Å². The summed E-state index contributed by atoms with van der Waals surface area (Å²) in [5.41, 5.74) is 1.88. The molecular formula is C31H31F3N2O2Si. The van der Waals surface area contributed by atoms with E-state index in [1.165, 1.54) is 0 Å². The lowest BCUT2D eigenvalue weighted by atomic mass is 9.85. The lowest BCUT2D eigenvalue weighted by Gasteiger charge is -2.40. The summed E-state index contributed by atoms with van der Waals surface area (Å²) in [5.74, 6) is -5.98. The highest BCUT2D eigenvalue weighted by molar-refractivity contribution is 6.98. The van der Waals surface area contributed by atoms with Crippen LogP contribution >= 0.6 is 0 Å². The van der Waals surface area contributed by atoms with Gasteiger partial charge in [0.25, 0.3) is 0 Å². The molecule has 4 aliphatic rings. The number of anilines is 1. The van der Waals surface area contributed by atoms with Crippen LogP contribution in [0, 0.1) is 17.5 Å². The number of hydrogen-bond donors (Lipinski definition) is 0. The van der Waals surface area contributed by atoms with E-state index >= 15 is 8.78 Å². The minimum absolute atomic E-state index is 0.0516. The summed E-state index contributed by atoms with van der Waals surface area (Å²) in [6, 6.07) is 6.01. The van der Waals surface area contributed by atoms with Crippen LogP contribution in [0.15, 0.2) is 47.2 Å². The highest BCUT2D eigenvalue weighted by Gasteiger charge is 2.43. The predicted molar refractivity (Wildman–Crippen MR) is 148 cm³/mol. The second-order valence-corrected chi connectivity index (χ2v) is 15.7. The molecule has 0 radical (unpaired) electrons. The zero-order chi connectivity index (χ0) is 27.6. The number of carboxylic acid groups (broad SMARTS) is 1. The molecule has 1 aliphatic carbocycles. The van der Waals surface area contributed by atoms with Gasteiger partial charge in [0.1, 0.15) is 27.0 Å². The van der Waals surface area contributed by atoms with E-state index in [1.807, 2.05) is 24.3 Å². The van der Waals surface area contributed by atoms with Crippen molar-refractivity contribution in [2.45, 2.75) is 45.7 Å². The zero-order valence-electron chi connectivity index (χ0n) is 22.5. The van der Waals surface area contributed by atoms with Gasteiger partial charge in [0.2, 0.25) is 0 Å². The van der Waals surface area contributed by atoms with Crippen molar-refractivity contribution in [1.82, 2.24) is 0 Å². The Balaban J connectivity index is 1.72. The van der Waals surface area contributed by atoms with Crippen LogP contribution in [-0.2, 0) is 6.42 Å². The summed E-state index contributed by atoms with van der Waals surface area (Å²) in [7, 11) is -2.38. The van der Waals surface area contributed by atoms with Crippen LogP contribution < -0.4 is 15.2 Å². The van der Waals surface area contributed by atoms with Gasteiger partial charge in [-0.15, -0.1) is 0 Å². The molecule has 0 unspecified atom stereocenters. The van der Waals surface area contributed by atoms with Gasteiger partial charge in [0, 0.05) is 47.6 Å². The lowest BCUT2D eigenvalue weighted by Crippen LogP contribution is -2.50. The molecule has 202 valence electrons. The molecule has 0 atom stereocenters. The molecule has 0 spiro atoms. The number of hydrogen-bond acceptors (Lipinski definition) is 3. The van der Waals surface area contributed by atoms with E-state index < -0.39 is 48.2 Å². The van der Waals surface area contributed by atoms with E-state index in [9.17, 15) is 14.3 Å². The van der Waals surface area contributed by atoms with Gasteiger partial charge >= 0.3 is 0 Å². The molecule has 2 aromatic rings. The van der Waals surface area contributed by atoms with Crippen molar-refractivity contribution < 1.29 is 27.6 Å². The number of aromatic carboxylic acids is 1. The van der Waals surface area contributed by atoms with Crippen molar-refractivity contribution >= 4 is 36.2 Å². The number of allylic oxidation sites excluding steroid dienone is 5. The third-order valence-corrected chi connectivity index (χ3v) is 12.2. The Morgan fingerprint density at radius 1 is 1.05 bits per heavy atom. The number of carboxylic acids is 1. The van der Waals surface area contributed by atoms with Crippen LogP contribution in [0.1, 0.15) is 53.2 Å². The second-order valence-electron chi connectivity index (χ2n) is 11.3. The highest BCUT2D eigenvalue weighted by Crippen LogP contribution is 2.45. The molecule has 0 amide bonds. The van der Waals surface area contributed by atoms with E-state index in [4.69, 9.17) is 0 Å². The quantitative estimate of drug-likeness (QED) is 0.319. The number of halogens is 3. The van der Waals surface area contributed by atoms with Crippen LogP contribution in [0.5, 0.6) is 0 Å². The number of fused-ring (bicyclic) bond motifs is 2. The molecule has 2 saturated heterocycles. The summed E-state index contributed by atoms with van der Waals surface area (Å²) in [5, 5.41) is 14.3. The largest absolute Gasteiger partial charge is 0.545 e. The predicted octanol–water partition coefficient (Wildman–Crippen LogP) is 4.25. The second kappa shape index (κ2) is 9.36. The van der Waals surface area contributed by atoms with Gasteiger partial charge in [-0.25, -0.2) is 17.7 Å². The van der Waals surface area contributed by atoms with E-state index in [1.54, 1.807) is 6.92 Å². The van der Waals surface area contributed by atoms with Gasteiger partial charge < -0.3 is 14.8 Å². The summed E-state index contributed by atoms with van der Waals surface area (Å²) in [6.45, 7) is 10.1. The Kier molecular flexibility index (Phi) is 6.21. The van der Waals surface area contributed by atoms with Gasteiger partial charge in [-0.1, -0.05) is 32.5 Å². The molecule has 3 aliphatic heterocycles. The zero-order valence-corrected chi connectivity index (χ0v) is 23.5. The maximum absolute atomic E-state index is 16.3. The summed E-state index contributed by atoms with van der Waals surface area (Å²) < 4.78 is 49.0. The first kappa shape index (κ1) is 25.9. The minimum Gasteiger partial charge on any atom is -0.545 e. The topological polar surface area (TPSA) is 46.4 Å². The molecule has 39 heavy (non-hydrogen) atoms. The first-order chi connectivity index (χ1) is 18.6. The molecule has 0 saturated carbocycles. The number of rotatable bonds is 5. The molecule has 0 bridgehead atoms. The first-order valence-electron chi connectivity index (χ1n) is 13.7. The van der Waals surface area contributed by atoms with E-state index in [2.05, 4.69) is 34.7 Å². The van der Waals surface area contributed by atoms with Crippen molar-refractivity contribution in [3.8, 4) is 0 Å². The molecule has 6 rings (SSSR count). The van der Waals surface area contributed by atoms with Gasteiger partial charge in [-0.05, 0) is 58.1 Å². The van der Waals surface area contributed by atoms with Crippen LogP contribution in [-0.4, -0.2) is 50.5 Å². The Morgan fingerprint density at radius 3 is 2.38 bits per heavy atom. The Labute approximate surface area is 227 Å². The fourth-order valence-electron chi connectivity index (χ4n) is 6.24. The van der Waals surface area contributed by atoms with Gasteiger partial charge in [0.05, 0.1) is 12.4 Å². The standard InChI is InChI=1S/C31H31F3N2O2Si/c1-4-7-22-28(32)26(27(31(37)38)30(34)29(22)33)25-20-10-8-18(35-12-5-13-35)16-23(20)39(2,3)24-17-19(9-11-21(24)25)36-14-6-15-36/h8-11,16-17H,4-7,12-15H2,1-3H3. The number of nitrogens with zero attached hydrogens (tertiary/aromatic N) is 2. The Hall–Kier alpha value is -3.39.